The van der Waals surface area contributed by atoms with Crippen molar-refractivity contribution in [1.82, 2.24) is 4.57 Å². The van der Waals surface area contributed by atoms with Crippen molar-refractivity contribution in [3.63, 3.8) is 0 Å². The molecule has 0 saturated carbocycles. The van der Waals surface area contributed by atoms with E-state index < -0.39 is 33.9 Å². The number of fused-ring (bicyclic) bond motifs is 1. The molecule has 0 aliphatic carbocycles. The lowest BCUT2D eigenvalue weighted by Gasteiger charge is -2.23. The third kappa shape index (κ3) is 5.07. The molecule has 0 unspecified atom stereocenters. The average molecular weight is 604 g/mol. The largest absolute Gasteiger partial charge is 0.502 e. The minimum Gasteiger partial charge on any atom is -0.502 e. The van der Waals surface area contributed by atoms with E-state index in [1.165, 1.54) is 36.1 Å². The summed E-state index contributed by atoms with van der Waals surface area (Å²) in [4.78, 5) is 41.6. The summed E-state index contributed by atoms with van der Waals surface area (Å²) in [7, 11) is 1.23. The molecule has 0 fully saturated rings. The molecule has 1 atom stereocenters. The Hall–Kier alpha value is -3.97. The molecule has 4 rings (SSSR count). The first-order chi connectivity index (χ1) is 18.2. The zero-order valence-corrected chi connectivity index (χ0v) is 22.9. The van der Waals surface area contributed by atoms with Gasteiger partial charge in [-0.05, 0) is 43.7 Å². The highest BCUT2D eigenvalue weighted by Crippen LogP contribution is 2.36. The number of thiazole rings is 1. The number of ether oxygens (including phenoxy) is 3. The molecule has 1 aliphatic heterocycles. The van der Waals surface area contributed by atoms with Gasteiger partial charge in [0.25, 0.3) is 5.56 Å². The number of phenolic OH excluding ortho intramolecular Hbond substituents is 1. The number of nitro groups is 1. The van der Waals surface area contributed by atoms with Gasteiger partial charge in [-0.15, -0.1) is 0 Å². The number of aromatic nitrogens is 1. The van der Waals surface area contributed by atoms with Crippen LogP contribution in [0.1, 0.15) is 31.0 Å². The van der Waals surface area contributed by atoms with Gasteiger partial charge in [-0.25, -0.2) is 9.79 Å². The maximum atomic E-state index is 13.7. The smallest absolute Gasteiger partial charge is 0.337 e. The number of carbonyl (C=O) groups excluding carboxylic acids is 1. The molecule has 11 nitrogen and oxygen atoms in total. The van der Waals surface area contributed by atoms with E-state index in [-0.39, 0.29) is 20.5 Å². The van der Waals surface area contributed by atoms with E-state index in [2.05, 4.69) is 20.9 Å². The lowest BCUT2D eigenvalue weighted by Crippen LogP contribution is -2.39. The summed E-state index contributed by atoms with van der Waals surface area (Å²) in [5.41, 5.74) is -0.278. The van der Waals surface area contributed by atoms with Gasteiger partial charge in [0.1, 0.15) is 0 Å². The highest BCUT2D eigenvalue weighted by Gasteiger charge is 2.31. The number of phenols is 1. The second kappa shape index (κ2) is 11.2. The van der Waals surface area contributed by atoms with Gasteiger partial charge in [-0.1, -0.05) is 33.3 Å². The molecule has 1 N–H and O–H groups in total. The van der Waals surface area contributed by atoms with Crippen LogP contribution in [0, 0.1) is 10.1 Å². The SMILES string of the molecule is CCOc1ccc([C@H]2C(C(=O)OC)=CN=c3s/c(=C/c4cc(Br)cc([N+](=O)[O-])c4O)c(=O)n32)cc1OCC. The van der Waals surface area contributed by atoms with E-state index in [4.69, 9.17) is 14.2 Å². The van der Waals surface area contributed by atoms with Crippen molar-refractivity contribution in [2.75, 3.05) is 20.3 Å². The molecule has 1 aromatic heterocycles. The number of hydrogen-bond donors (Lipinski definition) is 1. The lowest BCUT2D eigenvalue weighted by atomic mass is 9.97. The summed E-state index contributed by atoms with van der Waals surface area (Å²) in [6.07, 6.45) is 2.70. The highest BCUT2D eigenvalue weighted by molar-refractivity contribution is 9.10. The molecule has 1 aliphatic rings. The van der Waals surface area contributed by atoms with Gasteiger partial charge in [0.05, 0.1) is 41.4 Å². The van der Waals surface area contributed by atoms with Crippen LogP contribution in [0.3, 0.4) is 0 Å². The van der Waals surface area contributed by atoms with Crippen molar-refractivity contribution in [3.05, 3.63) is 87.5 Å². The molecule has 2 heterocycles. The van der Waals surface area contributed by atoms with Crippen molar-refractivity contribution in [2.45, 2.75) is 19.9 Å². The van der Waals surface area contributed by atoms with Crippen molar-refractivity contribution >= 4 is 45.0 Å². The van der Waals surface area contributed by atoms with Gasteiger partial charge >= 0.3 is 11.7 Å². The Morgan fingerprint density at radius 3 is 2.61 bits per heavy atom. The van der Waals surface area contributed by atoms with Gasteiger partial charge < -0.3 is 19.3 Å². The van der Waals surface area contributed by atoms with Gasteiger partial charge in [0.2, 0.25) is 5.75 Å². The zero-order valence-electron chi connectivity index (χ0n) is 20.5. The number of rotatable bonds is 8. The Labute approximate surface area is 228 Å². The fraction of sp³-hybridized carbons (Fsp3) is 0.240. The summed E-state index contributed by atoms with van der Waals surface area (Å²) in [6.45, 7) is 4.46. The minimum absolute atomic E-state index is 0.0692. The molecular formula is C25H22BrN3O8S. The molecule has 0 radical (unpaired) electrons. The summed E-state index contributed by atoms with van der Waals surface area (Å²) in [6, 6.07) is 6.84. The van der Waals surface area contributed by atoms with E-state index in [9.17, 15) is 24.8 Å². The van der Waals surface area contributed by atoms with Gasteiger partial charge in [0, 0.05) is 22.3 Å². The van der Waals surface area contributed by atoms with Crippen LogP contribution in [0.15, 0.2) is 56.4 Å². The topological polar surface area (TPSA) is 142 Å². The third-order valence-electron chi connectivity index (χ3n) is 5.58. The molecule has 198 valence electrons. The maximum Gasteiger partial charge on any atom is 0.337 e. The van der Waals surface area contributed by atoms with Gasteiger partial charge in [-0.3, -0.25) is 19.5 Å². The van der Waals surface area contributed by atoms with Crippen LogP contribution in [0.25, 0.3) is 6.08 Å². The number of methoxy groups -OCH3 is 1. The normalized spacial score (nSPS) is 14.8. The Bertz CT molecular complexity index is 1640. The van der Waals surface area contributed by atoms with E-state index >= 15 is 0 Å². The van der Waals surface area contributed by atoms with Crippen molar-refractivity contribution < 1.29 is 29.0 Å². The van der Waals surface area contributed by atoms with Crippen molar-refractivity contribution in [2.24, 2.45) is 4.99 Å². The van der Waals surface area contributed by atoms with E-state index in [0.717, 1.165) is 11.3 Å². The number of nitrogens with zero attached hydrogens (tertiary/aromatic N) is 3. The number of hydrogen-bond acceptors (Lipinski definition) is 10. The van der Waals surface area contributed by atoms with Crippen LogP contribution in [-0.2, 0) is 9.53 Å². The molecular weight excluding hydrogens is 582 g/mol. The minimum atomic E-state index is -0.902. The average Bonchev–Trinajstić information content (AvgIpc) is 3.21. The second-order valence-electron chi connectivity index (χ2n) is 7.87. The Balaban J connectivity index is 1.94. The van der Waals surface area contributed by atoms with Crippen LogP contribution >= 0.6 is 27.3 Å². The number of carbonyl (C=O) groups is 1. The van der Waals surface area contributed by atoms with Crippen LogP contribution in [0.2, 0.25) is 0 Å². The number of aromatic hydroxyl groups is 1. The predicted molar refractivity (Wildman–Crippen MR) is 142 cm³/mol. The van der Waals surface area contributed by atoms with Crippen LogP contribution in [0.5, 0.6) is 17.2 Å². The lowest BCUT2D eigenvalue weighted by molar-refractivity contribution is -0.385. The molecule has 3 aromatic rings. The van der Waals surface area contributed by atoms with Gasteiger partial charge in [0.15, 0.2) is 16.3 Å². The fourth-order valence-electron chi connectivity index (χ4n) is 3.98. The summed E-state index contributed by atoms with van der Waals surface area (Å²) in [5.74, 6) is -0.286. The number of nitro benzene ring substituents is 1. The second-order valence-corrected chi connectivity index (χ2v) is 9.79. The quantitative estimate of drug-likeness (QED) is 0.235. The van der Waals surface area contributed by atoms with Crippen molar-refractivity contribution in [1.29, 1.82) is 0 Å². The zero-order chi connectivity index (χ0) is 27.6. The number of halogens is 1. The number of esters is 1. The Kier molecular flexibility index (Phi) is 7.97. The first-order valence-corrected chi connectivity index (χ1v) is 13.0. The molecule has 2 aromatic carbocycles. The highest BCUT2D eigenvalue weighted by atomic mass is 79.9. The summed E-state index contributed by atoms with van der Waals surface area (Å²) < 4.78 is 18.2. The molecule has 13 heteroatoms. The first kappa shape index (κ1) is 27.1. The van der Waals surface area contributed by atoms with E-state index in [0.29, 0.717) is 34.7 Å². The third-order valence-corrected chi connectivity index (χ3v) is 7.03. The summed E-state index contributed by atoms with van der Waals surface area (Å²) >= 11 is 4.21. The molecule has 0 saturated heterocycles. The van der Waals surface area contributed by atoms with Crippen LogP contribution < -0.4 is 24.4 Å². The van der Waals surface area contributed by atoms with Gasteiger partial charge in [-0.2, -0.15) is 0 Å². The summed E-state index contributed by atoms with van der Waals surface area (Å²) in [5, 5.41) is 21.8. The predicted octanol–water partition coefficient (Wildman–Crippen LogP) is 3.19. The monoisotopic (exact) mass is 603 g/mol. The molecule has 0 amide bonds. The van der Waals surface area contributed by atoms with Crippen molar-refractivity contribution in [3.8, 4) is 17.2 Å². The first-order valence-electron chi connectivity index (χ1n) is 11.4. The molecule has 0 bridgehead atoms. The Morgan fingerprint density at radius 2 is 1.95 bits per heavy atom. The number of benzene rings is 2. The molecule has 0 spiro atoms. The molecule has 38 heavy (non-hydrogen) atoms. The fourth-order valence-corrected chi connectivity index (χ4v) is 5.41. The van der Waals surface area contributed by atoms with E-state index in [1.807, 2.05) is 13.8 Å². The Morgan fingerprint density at radius 1 is 1.24 bits per heavy atom. The van der Waals surface area contributed by atoms with Crippen LogP contribution in [0.4, 0.5) is 5.69 Å². The van der Waals surface area contributed by atoms with E-state index in [1.54, 1.807) is 18.2 Å². The maximum absolute atomic E-state index is 13.7. The van der Waals surface area contributed by atoms with Crippen LogP contribution in [-0.4, -0.2) is 40.9 Å². The standard InChI is InChI=1S/C25H22BrN3O8S/c1-4-36-18-7-6-13(9-19(18)37-5-2)21-16(24(32)35-3)12-27-25-28(21)23(31)20(38-25)10-14-8-15(26)11-17(22(14)30)29(33)34/h6-12,21,30H,4-5H2,1-3H3/b20-10+/t21-/m0/s1.